The summed E-state index contributed by atoms with van der Waals surface area (Å²) in [6.45, 7) is 1.79. The van der Waals surface area contributed by atoms with Crippen LogP contribution in [0.5, 0.6) is 5.75 Å². The van der Waals surface area contributed by atoms with E-state index in [2.05, 4.69) is 21.2 Å². The first-order chi connectivity index (χ1) is 13.0. The molecule has 2 rings (SSSR count). The number of rotatable bonds is 7. The summed E-state index contributed by atoms with van der Waals surface area (Å²) in [6.07, 6.45) is 1.76. The molecule has 0 fully saturated rings. The van der Waals surface area contributed by atoms with E-state index in [1.54, 1.807) is 50.4 Å². The van der Waals surface area contributed by atoms with Crippen LogP contribution in [-0.4, -0.2) is 29.8 Å². The van der Waals surface area contributed by atoms with Crippen molar-refractivity contribution in [1.29, 1.82) is 0 Å². The predicted molar refractivity (Wildman–Crippen MR) is 99.9 cm³/mol. The van der Waals surface area contributed by atoms with Crippen LogP contribution in [0.15, 0.2) is 48.7 Å². The number of nitrogens with zero attached hydrogens (tertiary/aromatic N) is 1. The third kappa shape index (κ3) is 6.77. The third-order valence-corrected chi connectivity index (χ3v) is 3.65. The van der Waals surface area contributed by atoms with E-state index in [9.17, 15) is 14.4 Å². The molecule has 27 heavy (non-hydrogen) atoms. The van der Waals surface area contributed by atoms with Crippen LogP contribution in [-0.2, 0) is 9.59 Å². The lowest BCUT2D eigenvalue weighted by Crippen LogP contribution is -2.42. The standard InChI is InChI=1S/C19H22N4O4/c1-13(11-17(24)21-14-6-8-15(27-2)9-7-14)12-18(25)22-23-19(26)16-5-3-4-10-20-16/h3-10,13H,11-12H2,1-2H3,(H,21,24)(H,22,25)(H,23,26)/t13-/m1/s1. The SMILES string of the molecule is COc1ccc(NC(=O)C[C@@H](C)CC(=O)NNC(=O)c2ccccn2)cc1. The zero-order valence-electron chi connectivity index (χ0n) is 15.2. The zero-order chi connectivity index (χ0) is 19.6. The summed E-state index contributed by atoms with van der Waals surface area (Å²) >= 11 is 0. The molecular weight excluding hydrogens is 348 g/mol. The number of hydrazine groups is 1. The number of aromatic nitrogens is 1. The molecule has 1 aromatic carbocycles. The molecule has 0 unspecified atom stereocenters. The second-order valence-corrected chi connectivity index (χ2v) is 6.01. The van der Waals surface area contributed by atoms with E-state index in [1.807, 2.05) is 0 Å². The van der Waals surface area contributed by atoms with Crippen LogP contribution in [0.25, 0.3) is 0 Å². The van der Waals surface area contributed by atoms with Gasteiger partial charge < -0.3 is 10.1 Å². The Morgan fingerprint density at radius 2 is 1.70 bits per heavy atom. The van der Waals surface area contributed by atoms with Crippen LogP contribution in [0.3, 0.4) is 0 Å². The molecule has 0 spiro atoms. The fourth-order valence-electron chi connectivity index (χ4n) is 2.33. The van der Waals surface area contributed by atoms with Gasteiger partial charge in [0, 0.05) is 24.7 Å². The van der Waals surface area contributed by atoms with Gasteiger partial charge in [-0.1, -0.05) is 13.0 Å². The van der Waals surface area contributed by atoms with E-state index in [0.717, 1.165) is 0 Å². The maximum Gasteiger partial charge on any atom is 0.288 e. The molecular formula is C19H22N4O4. The van der Waals surface area contributed by atoms with Gasteiger partial charge in [0.15, 0.2) is 0 Å². The fourth-order valence-corrected chi connectivity index (χ4v) is 2.33. The highest BCUT2D eigenvalue weighted by Gasteiger charge is 2.15. The number of amides is 3. The van der Waals surface area contributed by atoms with E-state index >= 15 is 0 Å². The lowest BCUT2D eigenvalue weighted by Gasteiger charge is -2.12. The summed E-state index contributed by atoms with van der Waals surface area (Å²) in [4.78, 5) is 39.6. The number of carbonyl (C=O) groups is 3. The topological polar surface area (TPSA) is 109 Å². The lowest BCUT2D eigenvalue weighted by molar-refractivity contribution is -0.123. The van der Waals surface area contributed by atoms with Crippen molar-refractivity contribution in [3.8, 4) is 5.75 Å². The minimum Gasteiger partial charge on any atom is -0.497 e. The lowest BCUT2D eigenvalue weighted by atomic mass is 10.0. The van der Waals surface area contributed by atoms with Crippen molar-refractivity contribution in [3.05, 3.63) is 54.4 Å². The van der Waals surface area contributed by atoms with Gasteiger partial charge in [0.2, 0.25) is 11.8 Å². The number of ether oxygens (including phenoxy) is 1. The number of hydrogen-bond donors (Lipinski definition) is 3. The van der Waals surface area contributed by atoms with Gasteiger partial charge in [-0.2, -0.15) is 0 Å². The Kier molecular flexibility index (Phi) is 7.30. The van der Waals surface area contributed by atoms with E-state index in [-0.39, 0.29) is 36.3 Å². The maximum atomic E-state index is 12.1. The molecule has 0 saturated heterocycles. The van der Waals surface area contributed by atoms with Crippen LogP contribution >= 0.6 is 0 Å². The van der Waals surface area contributed by atoms with E-state index in [4.69, 9.17) is 4.74 Å². The average molecular weight is 370 g/mol. The van der Waals surface area contributed by atoms with Crippen molar-refractivity contribution in [2.75, 3.05) is 12.4 Å². The smallest absolute Gasteiger partial charge is 0.288 e. The first-order valence-corrected chi connectivity index (χ1v) is 8.42. The molecule has 0 aliphatic rings. The Labute approximate surface area is 157 Å². The molecule has 8 nitrogen and oxygen atoms in total. The summed E-state index contributed by atoms with van der Waals surface area (Å²) in [5.41, 5.74) is 5.47. The molecule has 1 heterocycles. The van der Waals surface area contributed by atoms with Crippen molar-refractivity contribution in [2.45, 2.75) is 19.8 Å². The van der Waals surface area contributed by atoms with Gasteiger partial charge in [0.05, 0.1) is 7.11 Å². The molecule has 1 aromatic heterocycles. The highest BCUT2D eigenvalue weighted by molar-refractivity contribution is 5.94. The Balaban J connectivity index is 1.72. The summed E-state index contributed by atoms with van der Waals surface area (Å²) in [6, 6.07) is 11.9. The summed E-state index contributed by atoms with van der Waals surface area (Å²) in [5, 5.41) is 2.76. The Morgan fingerprint density at radius 3 is 2.33 bits per heavy atom. The maximum absolute atomic E-state index is 12.1. The zero-order valence-corrected chi connectivity index (χ0v) is 15.2. The van der Waals surface area contributed by atoms with E-state index in [1.165, 1.54) is 12.3 Å². The number of methoxy groups -OCH3 is 1. The van der Waals surface area contributed by atoms with E-state index in [0.29, 0.717) is 11.4 Å². The molecule has 0 aliphatic heterocycles. The largest absolute Gasteiger partial charge is 0.497 e. The van der Waals surface area contributed by atoms with Gasteiger partial charge in [0.25, 0.3) is 5.91 Å². The number of anilines is 1. The minimum atomic E-state index is -0.506. The second-order valence-electron chi connectivity index (χ2n) is 6.01. The van der Waals surface area contributed by atoms with Crippen molar-refractivity contribution >= 4 is 23.4 Å². The van der Waals surface area contributed by atoms with E-state index < -0.39 is 5.91 Å². The average Bonchev–Trinajstić information content (AvgIpc) is 2.67. The molecule has 0 saturated carbocycles. The highest BCUT2D eigenvalue weighted by atomic mass is 16.5. The van der Waals surface area contributed by atoms with Crippen LogP contribution in [0.1, 0.15) is 30.3 Å². The van der Waals surface area contributed by atoms with Gasteiger partial charge in [-0.25, -0.2) is 0 Å². The molecule has 3 N–H and O–H groups in total. The molecule has 0 radical (unpaired) electrons. The van der Waals surface area contributed by atoms with Crippen LogP contribution in [0.2, 0.25) is 0 Å². The van der Waals surface area contributed by atoms with Gasteiger partial charge in [-0.05, 0) is 42.3 Å². The molecule has 1 atom stereocenters. The molecule has 2 aromatic rings. The quantitative estimate of drug-likeness (QED) is 0.645. The number of carbonyl (C=O) groups excluding carboxylic acids is 3. The van der Waals surface area contributed by atoms with Crippen molar-refractivity contribution in [2.24, 2.45) is 5.92 Å². The minimum absolute atomic E-state index is 0.0958. The van der Waals surface area contributed by atoms with Crippen molar-refractivity contribution in [3.63, 3.8) is 0 Å². The molecule has 3 amide bonds. The molecule has 0 aliphatic carbocycles. The van der Waals surface area contributed by atoms with Gasteiger partial charge in [-0.15, -0.1) is 0 Å². The van der Waals surface area contributed by atoms with Crippen molar-refractivity contribution < 1.29 is 19.1 Å². The Bertz CT molecular complexity index is 778. The molecule has 8 heteroatoms. The van der Waals surface area contributed by atoms with Crippen LogP contribution < -0.4 is 20.9 Å². The second kappa shape index (κ2) is 9.91. The number of nitrogens with one attached hydrogen (secondary N) is 3. The summed E-state index contributed by atoms with van der Waals surface area (Å²) in [7, 11) is 1.57. The summed E-state index contributed by atoms with van der Waals surface area (Å²) < 4.78 is 5.06. The van der Waals surface area contributed by atoms with Crippen LogP contribution in [0.4, 0.5) is 5.69 Å². The normalized spacial score (nSPS) is 11.2. The predicted octanol–water partition coefficient (Wildman–Crippen LogP) is 1.91. The molecule has 0 bridgehead atoms. The number of hydrogen-bond acceptors (Lipinski definition) is 5. The first kappa shape index (κ1) is 19.9. The fraction of sp³-hybridized carbons (Fsp3) is 0.263. The molecule has 142 valence electrons. The monoisotopic (exact) mass is 370 g/mol. The van der Waals surface area contributed by atoms with Crippen molar-refractivity contribution in [1.82, 2.24) is 15.8 Å². The first-order valence-electron chi connectivity index (χ1n) is 8.42. The Morgan fingerprint density at radius 1 is 1.00 bits per heavy atom. The number of benzene rings is 1. The van der Waals surface area contributed by atoms with Crippen LogP contribution in [0, 0.1) is 5.92 Å². The summed E-state index contributed by atoms with van der Waals surface area (Å²) in [5.74, 6) is -0.586. The van der Waals surface area contributed by atoms with Gasteiger partial charge in [0.1, 0.15) is 11.4 Å². The Hall–Kier alpha value is -3.42. The van der Waals surface area contributed by atoms with Gasteiger partial charge in [-0.3, -0.25) is 30.2 Å². The highest BCUT2D eigenvalue weighted by Crippen LogP contribution is 2.16. The third-order valence-electron chi connectivity index (χ3n) is 3.65. The van der Waals surface area contributed by atoms with Gasteiger partial charge >= 0.3 is 0 Å². The number of pyridine rings is 1.